The quantitative estimate of drug-likeness (QED) is 0.270. The van der Waals surface area contributed by atoms with Crippen LogP contribution in [-0.4, -0.2) is 46.0 Å². The average molecular weight is 614 g/mol. The number of carbonyl (C=O) groups is 1. The minimum atomic E-state index is -0.156. The summed E-state index contributed by atoms with van der Waals surface area (Å²) in [6, 6.07) is 14.4. The van der Waals surface area contributed by atoms with E-state index >= 15 is 0 Å². The zero-order chi connectivity index (χ0) is 31.1. The molecule has 6 heterocycles. The van der Waals surface area contributed by atoms with Gasteiger partial charge < -0.3 is 15.5 Å². The van der Waals surface area contributed by atoms with E-state index in [4.69, 9.17) is 15.0 Å². The molecule has 3 aromatic heterocycles. The Labute approximate surface area is 266 Å². The Balaban J connectivity index is 1.36. The fourth-order valence-electron chi connectivity index (χ4n) is 7.02. The van der Waals surface area contributed by atoms with Gasteiger partial charge in [-0.25, -0.2) is 9.97 Å². The fourth-order valence-corrected chi connectivity index (χ4v) is 7.62. The van der Waals surface area contributed by atoms with Crippen LogP contribution in [0.1, 0.15) is 106 Å². The zero-order valence-corrected chi connectivity index (χ0v) is 27.8. The highest BCUT2D eigenvalue weighted by Crippen LogP contribution is 2.43. The molecule has 4 bridgehead atoms. The van der Waals surface area contributed by atoms with Gasteiger partial charge in [-0.1, -0.05) is 39.8 Å². The van der Waals surface area contributed by atoms with E-state index in [1.807, 2.05) is 30.3 Å². The van der Waals surface area contributed by atoms with Gasteiger partial charge in [-0.2, -0.15) is 0 Å². The van der Waals surface area contributed by atoms with Crippen LogP contribution in [0.5, 0.6) is 0 Å². The van der Waals surface area contributed by atoms with Gasteiger partial charge in [0.1, 0.15) is 16.7 Å². The fraction of sp³-hybridized carbons (Fsp3) is 0.543. The number of rotatable bonds is 2. The third-order valence-electron chi connectivity index (χ3n) is 9.74. The monoisotopic (exact) mass is 613 g/mol. The molecule has 3 atom stereocenters. The Morgan fingerprint density at radius 3 is 2.55 bits per heavy atom. The summed E-state index contributed by atoms with van der Waals surface area (Å²) in [6.45, 7) is 16.4. The molecule has 3 aromatic rings. The minimum absolute atomic E-state index is 0.00890. The second-order valence-electron chi connectivity index (χ2n) is 14.5. The lowest BCUT2D eigenvalue weighted by Gasteiger charge is -2.34. The van der Waals surface area contributed by atoms with Crippen LogP contribution < -0.4 is 20.3 Å². The van der Waals surface area contributed by atoms with Crippen molar-refractivity contribution in [3.8, 4) is 0 Å². The lowest BCUT2D eigenvalue weighted by molar-refractivity contribution is 0.0984. The van der Waals surface area contributed by atoms with Crippen LogP contribution in [0.3, 0.4) is 0 Å². The second-order valence-corrected chi connectivity index (χ2v) is 15.4. The molecule has 3 N–H and O–H groups in total. The maximum Gasteiger partial charge on any atom is 0.265 e. The molecular weight excluding hydrogens is 567 g/mol. The van der Waals surface area contributed by atoms with Crippen molar-refractivity contribution in [1.82, 2.24) is 25.0 Å². The second kappa shape index (κ2) is 12.3. The van der Waals surface area contributed by atoms with Crippen LogP contribution >= 0.6 is 11.9 Å². The predicted molar refractivity (Wildman–Crippen MR) is 179 cm³/mol. The van der Waals surface area contributed by atoms with Gasteiger partial charge in [0.15, 0.2) is 0 Å². The van der Waals surface area contributed by atoms with E-state index in [0.29, 0.717) is 23.3 Å². The van der Waals surface area contributed by atoms with E-state index in [2.05, 4.69) is 80.1 Å². The molecule has 3 aliphatic heterocycles. The highest BCUT2D eigenvalue weighted by Gasteiger charge is 2.43. The van der Waals surface area contributed by atoms with Crippen LogP contribution in [-0.2, 0) is 5.41 Å². The molecule has 2 saturated heterocycles. The lowest BCUT2D eigenvalue weighted by atomic mass is 9.83. The summed E-state index contributed by atoms with van der Waals surface area (Å²) in [5, 5.41) is 7.92. The van der Waals surface area contributed by atoms with Crippen molar-refractivity contribution in [3.63, 3.8) is 0 Å². The number of nitrogens with zero attached hydrogens (tertiary/aromatic N) is 4. The summed E-state index contributed by atoms with van der Waals surface area (Å²) < 4.78 is 3.05. The number of hydrogen-bond donors (Lipinski definition) is 3. The van der Waals surface area contributed by atoms with Gasteiger partial charge in [0.25, 0.3) is 5.91 Å². The number of amides is 1. The third-order valence-corrected chi connectivity index (χ3v) is 10.5. The van der Waals surface area contributed by atoms with Crippen LogP contribution in [0.25, 0.3) is 0 Å². The molecule has 8 nitrogen and oxygen atoms in total. The number of piperidine rings is 1. The molecule has 3 unspecified atom stereocenters. The molecule has 6 rings (SSSR count). The molecule has 9 heteroatoms. The molecule has 1 amide bonds. The summed E-state index contributed by atoms with van der Waals surface area (Å²) >= 11 is 1.24. The van der Waals surface area contributed by atoms with Gasteiger partial charge in [0.05, 0.1) is 17.3 Å². The van der Waals surface area contributed by atoms with Crippen LogP contribution in [0, 0.1) is 11.8 Å². The smallest absolute Gasteiger partial charge is 0.265 e. The molecule has 3 aliphatic rings. The first-order valence-electron chi connectivity index (χ1n) is 16.1. The van der Waals surface area contributed by atoms with Crippen molar-refractivity contribution >= 4 is 29.5 Å². The Morgan fingerprint density at radius 1 is 1.02 bits per heavy atom. The number of anilines is 2. The maximum atomic E-state index is 13.7. The van der Waals surface area contributed by atoms with E-state index in [1.165, 1.54) is 17.5 Å². The Kier molecular flexibility index (Phi) is 8.63. The largest absolute Gasteiger partial charge is 0.362 e. The summed E-state index contributed by atoms with van der Waals surface area (Å²) in [7, 11) is 0. The predicted octanol–water partition coefficient (Wildman–Crippen LogP) is 6.87. The SMILES string of the molecule is CC1CC(c2ccc(C3CCNCC3)cn2)Nc2cccc(n2)SNC(=O)c2ccc(C(C)(C)C)nc2N2CC1CC2(C)C. The van der Waals surface area contributed by atoms with Crippen molar-refractivity contribution < 1.29 is 4.79 Å². The van der Waals surface area contributed by atoms with Crippen molar-refractivity contribution in [2.45, 2.75) is 95.2 Å². The lowest BCUT2D eigenvalue weighted by Crippen LogP contribution is -2.40. The molecule has 2 fully saturated rings. The molecule has 0 saturated carbocycles. The maximum absolute atomic E-state index is 13.7. The number of fused-ring (bicyclic) bond motifs is 6. The topological polar surface area (TPSA) is 95.1 Å². The van der Waals surface area contributed by atoms with Gasteiger partial charge in [-0.15, -0.1) is 0 Å². The Bertz CT molecular complexity index is 1480. The van der Waals surface area contributed by atoms with E-state index in [-0.39, 0.29) is 22.9 Å². The first kappa shape index (κ1) is 30.8. The zero-order valence-electron chi connectivity index (χ0n) is 27.0. The summed E-state index contributed by atoms with van der Waals surface area (Å²) in [5.41, 5.74) is 3.69. The minimum Gasteiger partial charge on any atom is -0.362 e. The number of aromatic nitrogens is 3. The van der Waals surface area contributed by atoms with E-state index < -0.39 is 0 Å². The van der Waals surface area contributed by atoms with E-state index in [9.17, 15) is 4.79 Å². The summed E-state index contributed by atoms with van der Waals surface area (Å²) in [4.78, 5) is 31.1. The van der Waals surface area contributed by atoms with Crippen LogP contribution in [0.15, 0.2) is 53.7 Å². The van der Waals surface area contributed by atoms with E-state index in [0.717, 1.165) is 73.4 Å². The van der Waals surface area contributed by atoms with Gasteiger partial charge in [-0.3, -0.25) is 14.5 Å². The number of carbonyl (C=O) groups excluding carboxylic acids is 1. The Hall–Kier alpha value is -3.17. The molecular formula is C35H47N7OS. The first-order chi connectivity index (χ1) is 21.0. The standard InChI is InChI=1S/C35H47N7OS/c1-22-18-28(27-12-10-24(20-37-27)23-14-16-36-17-15-23)38-30-8-7-9-31(40-30)44-41-33(43)26-11-13-29(34(2,3)4)39-32(26)42-21-25(22)19-35(42,5)6/h7-13,20,22-23,25,28,36H,14-19,21H2,1-6H3,(H,38,40)(H,41,43). The molecule has 234 valence electrons. The molecule has 0 radical (unpaired) electrons. The van der Waals surface area contributed by atoms with Crippen molar-refractivity contribution in [3.05, 3.63) is 71.2 Å². The normalized spacial score (nSPS) is 24.5. The number of nitrogens with one attached hydrogen (secondary N) is 3. The third kappa shape index (κ3) is 6.59. The number of pyridine rings is 3. The molecule has 44 heavy (non-hydrogen) atoms. The first-order valence-corrected chi connectivity index (χ1v) is 17.0. The highest BCUT2D eigenvalue weighted by molar-refractivity contribution is 7.97. The number of hydrogen-bond acceptors (Lipinski definition) is 8. The molecule has 0 aliphatic carbocycles. The van der Waals surface area contributed by atoms with Crippen LogP contribution in [0.4, 0.5) is 11.6 Å². The average Bonchev–Trinajstić information content (AvgIpc) is 3.34. The van der Waals surface area contributed by atoms with Crippen molar-refractivity contribution in [2.24, 2.45) is 11.8 Å². The molecule has 0 aromatic carbocycles. The van der Waals surface area contributed by atoms with Gasteiger partial charge in [0.2, 0.25) is 0 Å². The van der Waals surface area contributed by atoms with Gasteiger partial charge >= 0.3 is 0 Å². The summed E-state index contributed by atoms with van der Waals surface area (Å²) in [6.07, 6.45) is 6.36. The highest BCUT2D eigenvalue weighted by atomic mass is 32.2. The van der Waals surface area contributed by atoms with Crippen LogP contribution in [0.2, 0.25) is 0 Å². The van der Waals surface area contributed by atoms with Gasteiger partial charge in [-0.05, 0) is 106 Å². The molecule has 0 spiro atoms. The van der Waals surface area contributed by atoms with Gasteiger partial charge in [0, 0.05) is 41.3 Å². The Morgan fingerprint density at radius 2 is 1.82 bits per heavy atom. The van der Waals surface area contributed by atoms with Crippen molar-refractivity contribution in [2.75, 3.05) is 29.9 Å². The van der Waals surface area contributed by atoms with Crippen molar-refractivity contribution in [1.29, 1.82) is 0 Å². The summed E-state index contributed by atoms with van der Waals surface area (Å²) in [5.74, 6) is 2.80. The van der Waals surface area contributed by atoms with E-state index in [1.54, 1.807) is 0 Å².